The molecule has 6 heteroatoms. The molecular formula is C10H10N2O4. The number of hydrogen-bond acceptors (Lipinski definition) is 6. The zero-order chi connectivity index (χ0) is 12.6. The average molecular weight is 222 g/mol. The lowest BCUT2D eigenvalue weighted by Gasteiger charge is -2.02. The van der Waals surface area contributed by atoms with Crippen LogP contribution in [0.25, 0.3) is 0 Å². The van der Waals surface area contributed by atoms with E-state index in [-0.39, 0.29) is 17.6 Å². The summed E-state index contributed by atoms with van der Waals surface area (Å²) in [5.74, 6) is 0.485. The van der Waals surface area contributed by atoms with Crippen LogP contribution in [0.4, 0.5) is 0 Å². The number of methoxy groups -OCH3 is 2. The Kier molecular flexibility index (Phi) is 5.95. The molecule has 0 unspecified atom stereocenters. The molecule has 0 saturated heterocycles. The maximum atomic E-state index is 11.0. The van der Waals surface area contributed by atoms with Gasteiger partial charge in [-0.1, -0.05) is 0 Å². The molecule has 1 N–H and O–H groups in total. The van der Waals surface area contributed by atoms with Crippen LogP contribution < -0.4 is 0 Å². The van der Waals surface area contributed by atoms with Gasteiger partial charge in [-0.15, -0.1) is 0 Å². The molecule has 0 aliphatic carbocycles. The summed E-state index contributed by atoms with van der Waals surface area (Å²) in [6, 6.07) is 1.64. The second-order valence-electron chi connectivity index (χ2n) is 2.56. The molecule has 6 nitrogen and oxygen atoms in total. The van der Waals surface area contributed by atoms with Gasteiger partial charge in [-0.05, 0) is 11.4 Å². The Balaban J connectivity index is 5.15. The van der Waals surface area contributed by atoms with E-state index >= 15 is 0 Å². The molecule has 0 aromatic heterocycles. The summed E-state index contributed by atoms with van der Waals surface area (Å²) in [6.45, 7) is 0. The van der Waals surface area contributed by atoms with E-state index in [1.165, 1.54) is 7.11 Å². The molecule has 0 aliphatic heterocycles. The van der Waals surface area contributed by atoms with Crippen molar-refractivity contribution in [2.45, 2.75) is 6.42 Å². The van der Waals surface area contributed by atoms with Crippen LogP contribution in [0.3, 0.4) is 0 Å². The number of ether oxygens (including phenoxy) is 2. The highest BCUT2D eigenvalue weighted by atomic mass is 16.5. The van der Waals surface area contributed by atoms with Crippen LogP contribution in [0.1, 0.15) is 6.42 Å². The largest absolute Gasteiger partial charge is 0.469 e. The Morgan fingerprint density at radius 3 is 2.38 bits per heavy atom. The van der Waals surface area contributed by atoms with Crippen LogP contribution in [-0.4, -0.2) is 32.0 Å². The van der Waals surface area contributed by atoms with Gasteiger partial charge < -0.3 is 9.47 Å². The normalized spacial score (nSPS) is 9.69. The highest BCUT2D eigenvalue weighted by Crippen LogP contribution is 2.12. The predicted molar refractivity (Wildman–Crippen MR) is 53.6 cm³/mol. The molecule has 0 aromatic rings. The first kappa shape index (κ1) is 13.6. The van der Waals surface area contributed by atoms with Gasteiger partial charge in [0.05, 0.1) is 20.6 Å². The van der Waals surface area contributed by atoms with Gasteiger partial charge >= 0.3 is 11.9 Å². The Morgan fingerprint density at radius 1 is 1.38 bits per heavy atom. The molecule has 0 amide bonds. The maximum absolute atomic E-state index is 11.0. The van der Waals surface area contributed by atoms with Crippen LogP contribution in [0.5, 0.6) is 0 Å². The fourth-order valence-corrected chi connectivity index (χ4v) is 0.820. The van der Waals surface area contributed by atoms with Crippen LogP contribution in [0.2, 0.25) is 0 Å². The highest BCUT2D eigenvalue weighted by molar-refractivity contribution is 5.88. The Labute approximate surface area is 92.3 Å². The lowest BCUT2D eigenvalue weighted by Crippen LogP contribution is -2.06. The molecule has 16 heavy (non-hydrogen) atoms. The van der Waals surface area contributed by atoms with E-state index in [9.17, 15) is 9.59 Å². The van der Waals surface area contributed by atoms with Gasteiger partial charge in [0, 0.05) is 6.08 Å². The number of carbonyl (C=O) groups is 2. The van der Waals surface area contributed by atoms with Gasteiger partial charge in [0.15, 0.2) is 0 Å². The topological polar surface area (TPSA) is 100 Å². The molecule has 0 spiro atoms. The van der Waals surface area contributed by atoms with Gasteiger partial charge in [0.25, 0.3) is 0 Å². The van der Waals surface area contributed by atoms with E-state index in [1.54, 1.807) is 6.07 Å². The second kappa shape index (κ2) is 6.98. The average Bonchev–Trinajstić information content (AvgIpc) is 2.29. The number of hydrogen-bond donors (Lipinski definition) is 1. The van der Waals surface area contributed by atoms with Gasteiger partial charge in [0.1, 0.15) is 11.6 Å². The lowest BCUT2D eigenvalue weighted by molar-refractivity contribution is -0.139. The number of esters is 2. The number of nitriles is 1. The quantitative estimate of drug-likeness (QED) is 0.243. The highest BCUT2D eigenvalue weighted by Gasteiger charge is 2.13. The fraction of sp³-hybridized carbons (Fsp3) is 0.300. The summed E-state index contributed by atoms with van der Waals surface area (Å²) in [7, 11) is 2.34. The summed E-state index contributed by atoms with van der Waals surface area (Å²) in [4.78, 5) is 22.0. The minimum absolute atomic E-state index is 0.0381. The van der Waals surface area contributed by atoms with Crippen molar-refractivity contribution in [1.82, 2.24) is 0 Å². The molecular weight excluding hydrogens is 212 g/mol. The van der Waals surface area contributed by atoms with Gasteiger partial charge in [0.2, 0.25) is 0 Å². The van der Waals surface area contributed by atoms with Crippen LogP contribution in [0, 0.1) is 16.7 Å². The third-order valence-corrected chi connectivity index (χ3v) is 1.61. The number of allylic oxidation sites excluding steroid dienone is 1. The first-order chi connectivity index (χ1) is 7.58. The van der Waals surface area contributed by atoms with Crippen molar-refractivity contribution in [3.63, 3.8) is 0 Å². The lowest BCUT2D eigenvalue weighted by atomic mass is 10.1. The minimum Gasteiger partial charge on any atom is -0.469 e. The van der Waals surface area contributed by atoms with E-state index in [0.717, 1.165) is 13.2 Å². The van der Waals surface area contributed by atoms with E-state index < -0.39 is 11.9 Å². The van der Waals surface area contributed by atoms with Gasteiger partial charge in [-0.2, -0.15) is 5.26 Å². The maximum Gasteiger partial charge on any atom is 0.330 e. The second-order valence-corrected chi connectivity index (χ2v) is 2.56. The number of nitrogens with zero attached hydrogens (tertiary/aromatic N) is 1. The van der Waals surface area contributed by atoms with Crippen LogP contribution in [0.15, 0.2) is 17.2 Å². The smallest absolute Gasteiger partial charge is 0.330 e. The molecule has 0 bridgehead atoms. The summed E-state index contributed by atoms with van der Waals surface area (Å²) < 4.78 is 8.75. The van der Waals surface area contributed by atoms with Crippen molar-refractivity contribution in [3.8, 4) is 6.07 Å². The predicted octanol–water partition coefficient (Wildman–Crippen LogP) is 0.347. The zero-order valence-corrected chi connectivity index (χ0v) is 8.86. The molecule has 0 fully saturated rings. The fourth-order valence-electron chi connectivity index (χ4n) is 0.820. The van der Waals surface area contributed by atoms with Gasteiger partial charge in [-0.3, -0.25) is 10.2 Å². The molecule has 0 aromatic carbocycles. The molecule has 84 valence electrons. The Hall–Kier alpha value is -2.38. The molecule has 0 heterocycles. The number of carbonyl (C=O) groups excluding carboxylic acids is 2. The molecule has 0 saturated carbocycles. The van der Waals surface area contributed by atoms with Crippen molar-refractivity contribution >= 4 is 17.8 Å². The third-order valence-electron chi connectivity index (χ3n) is 1.61. The molecule has 0 aliphatic rings. The van der Waals surface area contributed by atoms with Crippen molar-refractivity contribution in [1.29, 1.82) is 10.7 Å². The molecule has 0 rings (SSSR count). The third kappa shape index (κ3) is 4.22. The van der Waals surface area contributed by atoms with Crippen molar-refractivity contribution in [2.75, 3.05) is 14.2 Å². The van der Waals surface area contributed by atoms with Crippen molar-refractivity contribution in [2.24, 2.45) is 0 Å². The van der Waals surface area contributed by atoms with E-state index in [4.69, 9.17) is 10.7 Å². The standard InChI is InChI=1S/C10H10N2O4/c1-15-9(13)3-7(4-10(14)16-2)8(5-11)6-12/h3,11H,4H2,1-2H3/b7-3-. The Bertz CT molecular complexity index is 411. The summed E-state index contributed by atoms with van der Waals surface area (Å²) in [5, 5.41) is 15.5. The van der Waals surface area contributed by atoms with Crippen LogP contribution in [-0.2, 0) is 19.1 Å². The minimum atomic E-state index is -0.720. The van der Waals surface area contributed by atoms with Gasteiger partial charge in [-0.25, -0.2) is 4.79 Å². The SMILES string of the molecule is COC(=O)/C=C(/CC(=O)OC)C(=C=N)C#N. The summed E-state index contributed by atoms with van der Waals surface area (Å²) >= 11 is 0. The Morgan fingerprint density at radius 2 is 2.00 bits per heavy atom. The van der Waals surface area contributed by atoms with Crippen molar-refractivity contribution in [3.05, 3.63) is 17.2 Å². The first-order valence-corrected chi connectivity index (χ1v) is 4.14. The van der Waals surface area contributed by atoms with E-state index in [2.05, 4.69) is 9.47 Å². The monoisotopic (exact) mass is 222 g/mol. The van der Waals surface area contributed by atoms with E-state index in [1.807, 2.05) is 5.87 Å². The van der Waals surface area contributed by atoms with Crippen LogP contribution >= 0.6 is 0 Å². The number of rotatable bonds is 4. The zero-order valence-electron chi connectivity index (χ0n) is 8.86. The number of nitrogens with one attached hydrogen (secondary N) is 1. The molecule has 0 atom stereocenters. The van der Waals surface area contributed by atoms with E-state index in [0.29, 0.717) is 0 Å². The van der Waals surface area contributed by atoms with Crippen molar-refractivity contribution < 1.29 is 19.1 Å². The summed E-state index contributed by atoms with van der Waals surface area (Å²) in [6.07, 6.45) is 0.664. The summed E-state index contributed by atoms with van der Waals surface area (Å²) in [5.41, 5.74) is -0.174. The molecule has 0 radical (unpaired) electrons. The first-order valence-electron chi connectivity index (χ1n) is 4.14.